The number of piperidine rings is 1. The van der Waals surface area contributed by atoms with E-state index in [9.17, 15) is 34.5 Å². The van der Waals surface area contributed by atoms with Crippen LogP contribution >= 0.6 is 0 Å². The largest absolute Gasteiger partial charge is 0.461 e. The van der Waals surface area contributed by atoms with Crippen LogP contribution in [0.3, 0.4) is 0 Å². The van der Waals surface area contributed by atoms with Crippen molar-refractivity contribution in [3.8, 4) is 0 Å². The highest BCUT2D eigenvalue weighted by molar-refractivity contribution is 6.39. The van der Waals surface area contributed by atoms with Gasteiger partial charge in [-0.25, -0.2) is 4.79 Å². The number of carbonyl (C=O) groups is 4. The van der Waals surface area contributed by atoms with E-state index < -0.39 is 77.9 Å². The molecule has 0 radical (unpaired) electrons. The number of aliphatic hydroxyl groups excluding tert-OH is 2. The van der Waals surface area contributed by atoms with Crippen molar-refractivity contribution in [2.45, 2.75) is 186 Å². The van der Waals surface area contributed by atoms with Gasteiger partial charge in [0.2, 0.25) is 5.79 Å². The molecule has 384 valence electrons. The number of fused-ring (bicyclic) bond motifs is 3. The van der Waals surface area contributed by atoms with Crippen molar-refractivity contribution in [2.75, 3.05) is 26.1 Å². The van der Waals surface area contributed by atoms with E-state index in [0.717, 1.165) is 17.7 Å². The average Bonchev–Trinajstić information content (AvgIpc) is 3.33. The number of methoxy groups -OCH3 is 2. The molecule has 1 saturated carbocycles. The number of amides is 1. The van der Waals surface area contributed by atoms with Crippen LogP contribution < -0.4 is 11.1 Å². The van der Waals surface area contributed by atoms with Crippen LogP contribution in [0.4, 0.5) is 5.69 Å². The first-order valence-electron chi connectivity index (χ1n) is 25.4. The van der Waals surface area contributed by atoms with Crippen molar-refractivity contribution in [2.24, 2.45) is 35.3 Å². The van der Waals surface area contributed by atoms with Gasteiger partial charge in [0, 0.05) is 57.1 Å². The lowest BCUT2D eigenvalue weighted by Gasteiger charge is -2.43. The number of rotatable bonds is 7. The Morgan fingerprint density at radius 3 is 2.41 bits per heavy atom. The number of aromatic nitrogens is 1. The molecule has 3 unspecified atom stereocenters. The molecule has 15 nitrogen and oxygen atoms in total. The van der Waals surface area contributed by atoms with Crippen LogP contribution in [0.25, 0.3) is 0 Å². The van der Waals surface area contributed by atoms with Gasteiger partial charge >= 0.3 is 5.97 Å². The highest BCUT2D eigenvalue weighted by Gasteiger charge is 2.53. The fraction of sp³-hybridized carbons (Fsp3) is 0.685. The number of hydrogen-bond acceptors (Lipinski definition) is 14. The molecular weight excluding hydrogens is 881 g/mol. The Bertz CT molecular complexity index is 1970. The van der Waals surface area contributed by atoms with E-state index in [1.54, 1.807) is 39.4 Å². The number of ether oxygens (including phenoxy) is 4. The Kier molecular flexibility index (Phi) is 21.3. The molecule has 1 aromatic heterocycles. The van der Waals surface area contributed by atoms with Crippen molar-refractivity contribution < 1.29 is 53.4 Å². The number of hydrogen-bond donors (Lipinski definition) is 5. The number of allylic oxidation sites excluding steroid dienone is 5. The summed E-state index contributed by atoms with van der Waals surface area (Å²) in [6, 6.07) is 1.78. The molecule has 1 amide bonds. The minimum Gasteiger partial charge on any atom is -0.461 e. The van der Waals surface area contributed by atoms with Crippen LogP contribution in [0.5, 0.6) is 0 Å². The van der Waals surface area contributed by atoms with E-state index >= 15 is 0 Å². The zero-order valence-corrected chi connectivity index (χ0v) is 42.3. The van der Waals surface area contributed by atoms with Gasteiger partial charge < -0.3 is 50.2 Å². The third kappa shape index (κ3) is 15.2. The number of carbonyl (C=O) groups excluding carboxylic acids is 4. The molecule has 3 aliphatic heterocycles. The maximum absolute atomic E-state index is 14.5. The van der Waals surface area contributed by atoms with Crippen LogP contribution in [-0.4, -0.2) is 130 Å². The highest BCUT2D eigenvalue weighted by Crippen LogP contribution is 2.38. The summed E-state index contributed by atoms with van der Waals surface area (Å²) < 4.78 is 23.9. The summed E-state index contributed by atoms with van der Waals surface area (Å²) >= 11 is 0. The number of aliphatic hydroxyl groups is 3. The number of nitrogens with zero attached hydrogens (tertiary/aromatic N) is 2. The molecule has 1 aromatic rings. The molecule has 15 atom stereocenters. The van der Waals surface area contributed by atoms with Crippen LogP contribution in [0, 0.1) is 29.6 Å². The lowest BCUT2D eigenvalue weighted by molar-refractivity contribution is -0.263. The maximum atomic E-state index is 14.5. The van der Waals surface area contributed by atoms with Crippen molar-refractivity contribution in [1.29, 1.82) is 0 Å². The fourth-order valence-electron chi connectivity index (χ4n) is 10.7. The summed E-state index contributed by atoms with van der Waals surface area (Å²) in [4.78, 5) is 62.5. The van der Waals surface area contributed by atoms with E-state index in [2.05, 4.69) is 10.3 Å². The van der Waals surface area contributed by atoms with Gasteiger partial charge in [-0.2, -0.15) is 0 Å². The van der Waals surface area contributed by atoms with E-state index in [1.807, 2.05) is 70.2 Å². The molecule has 15 heteroatoms. The van der Waals surface area contributed by atoms with Crippen LogP contribution in [0.2, 0.25) is 0 Å². The number of esters is 1. The lowest BCUT2D eigenvalue weighted by atomic mass is 9.78. The Hall–Kier alpha value is -4.09. The Morgan fingerprint density at radius 2 is 1.70 bits per heavy atom. The van der Waals surface area contributed by atoms with E-state index in [-0.39, 0.29) is 48.6 Å². The maximum Gasteiger partial charge on any atom is 0.329 e. The van der Waals surface area contributed by atoms with Crippen molar-refractivity contribution in [3.05, 3.63) is 72.1 Å². The standard InChI is InChI=1S/C54H82N4O11/c1-33-15-10-9-11-16-34(2)43(57-41-17-14-25-56-32-41)31-42-22-19-38(6)54(65,69-42)51(62)52(63)58-26-13-12-18-44(58)53(64)68-46(35(3)28-39-20-23-45(59)47(30-39)66-7)24-21-40(55)29-37(5)49(61)50(67-8)48(60)36(4)27-33/h9-11,14-17,25,29,32-33,35-36,38-40,42-47,49-50,57,59,61,65H,12-13,18-24,26-28,30-31,55H2,1-8H3/b11-9+,15-10+,34-16+,37-29+/t33-,35-,36-,38-,39?,40+,42?,43?,44+,45-,46+,47-,49-,50+,54-/m1/s1. The first-order chi connectivity index (χ1) is 32.9. The molecule has 0 aromatic carbocycles. The topological polar surface area (TPSA) is 220 Å². The second-order valence-electron chi connectivity index (χ2n) is 20.6. The second-order valence-corrected chi connectivity index (χ2v) is 20.6. The molecule has 4 heterocycles. The zero-order chi connectivity index (χ0) is 50.4. The van der Waals surface area contributed by atoms with Crippen LogP contribution in [-0.2, 0) is 38.1 Å². The number of pyridine rings is 1. The summed E-state index contributed by atoms with van der Waals surface area (Å²) in [6.45, 7) is 11.4. The number of anilines is 1. The second kappa shape index (κ2) is 26.4. The van der Waals surface area contributed by atoms with Crippen molar-refractivity contribution in [1.82, 2.24) is 9.88 Å². The first-order valence-corrected chi connectivity index (χ1v) is 25.4. The van der Waals surface area contributed by atoms with Crippen molar-refractivity contribution >= 4 is 29.1 Å². The molecule has 5 rings (SSSR count). The Balaban J connectivity index is 1.47. The van der Waals surface area contributed by atoms with Crippen LogP contribution in [0.15, 0.2) is 72.1 Å². The van der Waals surface area contributed by atoms with E-state index in [4.69, 9.17) is 24.7 Å². The van der Waals surface area contributed by atoms with Gasteiger partial charge in [-0.15, -0.1) is 0 Å². The van der Waals surface area contributed by atoms with Gasteiger partial charge in [0.1, 0.15) is 24.4 Å². The smallest absolute Gasteiger partial charge is 0.329 e. The molecule has 2 saturated heterocycles. The number of ketones is 2. The van der Waals surface area contributed by atoms with Gasteiger partial charge in [-0.05, 0) is 133 Å². The summed E-state index contributed by atoms with van der Waals surface area (Å²) in [7, 11) is 3.01. The quantitative estimate of drug-likeness (QED) is 0.111. The minimum absolute atomic E-state index is 0.0323. The molecule has 69 heavy (non-hydrogen) atoms. The lowest BCUT2D eigenvalue weighted by Crippen LogP contribution is -2.61. The fourth-order valence-corrected chi connectivity index (χ4v) is 10.7. The third-order valence-corrected chi connectivity index (χ3v) is 15.1. The highest BCUT2D eigenvalue weighted by atomic mass is 16.6. The molecule has 0 spiro atoms. The molecule has 1 aliphatic carbocycles. The van der Waals surface area contributed by atoms with Crippen LogP contribution in [0.1, 0.15) is 125 Å². The summed E-state index contributed by atoms with van der Waals surface area (Å²) in [5.41, 5.74) is 8.90. The average molecular weight is 963 g/mol. The minimum atomic E-state index is -2.42. The summed E-state index contributed by atoms with van der Waals surface area (Å²) in [5.74, 6) is -6.40. The van der Waals surface area contributed by atoms with Gasteiger partial charge in [0.15, 0.2) is 5.78 Å². The summed E-state index contributed by atoms with van der Waals surface area (Å²) in [6.07, 6.45) is 17.2. The molecule has 2 bridgehead atoms. The van der Waals surface area contributed by atoms with Gasteiger partial charge in [-0.3, -0.25) is 19.4 Å². The number of Topliss-reactive ketones (excluding diaryl/α,β-unsaturated/α-hetero) is 2. The first kappa shape index (κ1) is 55.8. The van der Waals surface area contributed by atoms with Gasteiger partial charge in [0.25, 0.3) is 11.7 Å². The Morgan fingerprint density at radius 1 is 0.928 bits per heavy atom. The monoisotopic (exact) mass is 963 g/mol. The Labute approximate surface area is 410 Å². The molecule has 6 N–H and O–H groups in total. The normalized spacial score (nSPS) is 38.6. The zero-order valence-electron chi connectivity index (χ0n) is 42.3. The number of cyclic esters (lactones) is 1. The number of nitrogens with one attached hydrogen (secondary N) is 1. The molecule has 4 aliphatic rings. The molecule has 3 fully saturated rings. The molecular formula is C54H82N4O11. The third-order valence-electron chi connectivity index (χ3n) is 15.1. The van der Waals surface area contributed by atoms with Gasteiger partial charge in [-0.1, -0.05) is 69.7 Å². The SMILES string of the molecule is CO[C@@H]1CC(C[C@@H](C)[C@@H]2CC[C@H](N)/C=C(\C)[C@@H](O)[C@@H](OC)C(=O)[C@H](C)C[C@H](C)/C=C/C=C/C=C(\C)C(Nc3cccnc3)CC3CC[C@@H](C)[C@@](O)(O3)C(=O)C(=O)N3CCCC[C@H]3C(=O)O2)CC[C@H]1O. The van der Waals surface area contributed by atoms with E-state index in [1.165, 1.54) is 12.0 Å². The van der Waals surface area contributed by atoms with Crippen molar-refractivity contribution in [3.63, 3.8) is 0 Å². The number of nitrogens with two attached hydrogens (primary N) is 1. The van der Waals surface area contributed by atoms with Gasteiger partial charge in [0.05, 0.1) is 24.0 Å². The predicted octanol–water partition coefficient (Wildman–Crippen LogP) is 6.55. The van der Waals surface area contributed by atoms with E-state index in [0.29, 0.717) is 76.2 Å². The predicted molar refractivity (Wildman–Crippen MR) is 264 cm³/mol. The summed E-state index contributed by atoms with van der Waals surface area (Å²) in [5, 5.41) is 37.7.